The lowest BCUT2D eigenvalue weighted by Gasteiger charge is -2.31. The van der Waals surface area contributed by atoms with Gasteiger partial charge in [-0.15, -0.1) is 0 Å². The van der Waals surface area contributed by atoms with E-state index in [9.17, 15) is 9.18 Å². The molecule has 1 amide bonds. The molecule has 2 aromatic carbocycles. The van der Waals surface area contributed by atoms with Gasteiger partial charge >= 0.3 is 0 Å². The second-order valence-electron chi connectivity index (χ2n) is 7.44. The van der Waals surface area contributed by atoms with E-state index in [2.05, 4.69) is 10.3 Å². The quantitative estimate of drug-likeness (QED) is 0.439. The number of rotatable bonds is 7. The Morgan fingerprint density at radius 3 is 2.77 bits per heavy atom. The summed E-state index contributed by atoms with van der Waals surface area (Å²) in [5.74, 6) is 0.430. The number of piperidine rings is 1. The van der Waals surface area contributed by atoms with Crippen LogP contribution in [0.2, 0.25) is 0 Å². The molecule has 3 aromatic rings. The van der Waals surface area contributed by atoms with Crippen LogP contribution in [0.25, 0.3) is 0 Å². The number of para-hydroxylation sites is 1. The molecule has 0 spiro atoms. The summed E-state index contributed by atoms with van der Waals surface area (Å²) < 4.78 is 20.5. The number of likely N-dealkylation sites (tertiary alicyclic amines) is 1. The summed E-state index contributed by atoms with van der Waals surface area (Å²) in [6.07, 6.45) is 5.87. The molecule has 1 aromatic heterocycles. The van der Waals surface area contributed by atoms with E-state index in [4.69, 9.17) is 10.1 Å². The van der Waals surface area contributed by atoms with Crippen molar-refractivity contribution in [3.05, 3.63) is 83.9 Å². The van der Waals surface area contributed by atoms with Crippen LogP contribution < -0.4 is 10.1 Å². The lowest BCUT2D eigenvalue weighted by atomic mass is 10.0. The first kappa shape index (κ1) is 20.5. The maximum absolute atomic E-state index is 14.9. The SMILES string of the molecule is N=C(c1ccc(Oc2ccccc2)cc1F)c1cnccc1NC1CCCN(C=O)C1. The second-order valence-corrected chi connectivity index (χ2v) is 7.44. The number of aromatic nitrogens is 1. The zero-order valence-corrected chi connectivity index (χ0v) is 16.9. The molecular formula is C24H23FN4O2. The number of amides is 1. The molecule has 4 rings (SSSR count). The van der Waals surface area contributed by atoms with E-state index in [1.807, 2.05) is 18.2 Å². The van der Waals surface area contributed by atoms with Crippen LogP contribution in [-0.2, 0) is 4.79 Å². The third-order valence-corrected chi connectivity index (χ3v) is 5.24. The van der Waals surface area contributed by atoms with Crippen LogP contribution in [0.4, 0.5) is 10.1 Å². The Labute approximate surface area is 180 Å². The van der Waals surface area contributed by atoms with E-state index in [0.717, 1.165) is 25.8 Å². The van der Waals surface area contributed by atoms with Crippen molar-refractivity contribution in [3.63, 3.8) is 0 Å². The Hall–Kier alpha value is -3.74. The number of anilines is 1. The minimum Gasteiger partial charge on any atom is -0.457 e. The first-order valence-electron chi connectivity index (χ1n) is 10.2. The number of nitrogens with one attached hydrogen (secondary N) is 2. The molecule has 1 atom stereocenters. The number of pyridine rings is 1. The molecular weight excluding hydrogens is 395 g/mol. The third kappa shape index (κ3) is 4.88. The van der Waals surface area contributed by atoms with Crippen molar-refractivity contribution in [1.29, 1.82) is 5.41 Å². The second kappa shape index (κ2) is 9.38. The van der Waals surface area contributed by atoms with Gasteiger partial charge in [-0.1, -0.05) is 18.2 Å². The van der Waals surface area contributed by atoms with Gasteiger partial charge in [0, 0.05) is 54.4 Å². The average molecular weight is 418 g/mol. The molecule has 1 aliphatic rings. The van der Waals surface area contributed by atoms with E-state index in [0.29, 0.717) is 29.3 Å². The lowest BCUT2D eigenvalue weighted by Crippen LogP contribution is -2.41. The Morgan fingerprint density at radius 2 is 2.00 bits per heavy atom. The van der Waals surface area contributed by atoms with Crippen molar-refractivity contribution in [2.24, 2.45) is 0 Å². The third-order valence-electron chi connectivity index (χ3n) is 5.24. The van der Waals surface area contributed by atoms with Crippen LogP contribution in [0.5, 0.6) is 11.5 Å². The Morgan fingerprint density at radius 1 is 1.16 bits per heavy atom. The molecule has 0 bridgehead atoms. The molecule has 1 saturated heterocycles. The van der Waals surface area contributed by atoms with Gasteiger partial charge in [-0.25, -0.2) is 4.39 Å². The highest BCUT2D eigenvalue weighted by Crippen LogP contribution is 2.27. The van der Waals surface area contributed by atoms with Crippen molar-refractivity contribution < 1.29 is 13.9 Å². The molecule has 2 heterocycles. The van der Waals surface area contributed by atoms with Gasteiger partial charge in [-0.05, 0) is 43.2 Å². The van der Waals surface area contributed by atoms with Crippen LogP contribution in [-0.4, -0.2) is 41.1 Å². The average Bonchev–Trinajstić information content (AvgIpc) is 2.80. The largest absolute Gasteiger partial charge is 0.457 e. The fourth-order valence-electron chi connectivity index (χ4n) is 3.69. The summed E-state index contributed by atoms with van der Waals surface area (Å²) >= 11 is 0. The highest BCUT2D eigenvalue weighted by molar-refractivity contribution is 6.14. The smallest absolute Gasteiger partial charge is 0.209 e. The van der Waals surface area contributed by atoms with Crippen LogP contribution >= 0.6 is 0 Å². The van der Waals surface area contributed by atoms with Crippen molar-refractivity contribution in [2.45, 2.75) is 18.9 Å². The van der Waals surface area contributed by atoms with Gasteiger partial charge in [0.1, 0.15) is 17.3 Å². The standard InChI is InChI=1S/C24H23FN4O2/c25-22-13-19(31-18-6-2-1-3-7-18)8-9-20(22)24(26)21-14-27-11-10-23(21)28-17-5-4-12-29(15-17)16-30/h1-3,6-11,13-14,16-17,26H,4-5,12,15H2,(H,27,28). The Balaban J connectivity index is 1.53. The minimum atomic E-state index is -0.543. The number of hydrogen-bond donors (Lipinski definition) is 2. The molecule has 7 heteroatoms. The molecule has 1 aliphatic heterocycles. The van der Waals surface area contributed by atoms with Gasteiger partial charge in [0.25, 0.3) is 0 Å². The number of benzene rings is 2. The van der Waals surface area contributed by atoms with Crippen LogP contribution in [0.1, 0.15) is 24.0 Å². The fraction of sp³-hybridized carbons (Fsp3) is 0.208. The number of carbonyl (C=O) groups is 1. The van der Waals surface area contributed by atoms with E-state index in [1.54, 1.807) is 47.6 Å². The first-order valence-corrected chi connectivity index (χ1v) is 10.2. The van der Waals surface area contributed by atoms with Gasteiger partial charge in [-0.3, -0.25) is 15.2 Å². The molecule has 1 fully saturated rings. The van der Waals surface area contributed by atoms with Gasteiger partial charge in [0.05, 0.1) is 5.71 Å². The lowest BCUT2D eigenvalue weighted by molar-refractivity contribution is -0.119. The van der Waals surface area contributed by atoms with Crippen molar-refractivity contribution >= 4 is 17.8 Å². The van der Waals surface area contributed by atoms with E-state index in [-0.39, 0.29) is 17.3 Å². The minimum absolute atomic E-state index is 0.0300. The normalized spacial score (nSPS) is 15.9. The van der Waals surface area contributed by atoms with Gasteiger partial charge < -0.3 is 15.0 Å². The molecule has 2 N–H and O–H groups in total. The first-order chi connectivity index (χ1) is 15.1. The number of ether oxygens (including phenoxy) is 1. The Bertz CT molecular complexity index is 1070. The van der Waals surface area contributed by atoms with E-state index < -0.39 is 5.82 Å². The summed E-state index contributed by atoms with van der Waals surface area (Å²) in [6.45, 7) is 1.35. The van der Waals surface area contributed by atoms with Crippen LogP contribution in [0.3, 0.4) is 0 Å². The predicted octanol–water partition coefficient (Wildman–Crippen LogP) is 4.46. The van der Waals surface area contributed by atoms with Gasteiger partial charge in [0.2, 0.25) is 6.41 Å². The fourth-order valence-corrected chi connectivity index (χ4v) is 3.69. The molecule has 0 radical (unpaired) electrons. The topological polar surface area (TPSA) is 78.3 Å². The summed E-state index contributed by atoms with van der Waals surface area (Å²) in [4.78, 5) is 17.0. The highest BCUT2D eigenvalue weighted by Gasteiger charge is 2.21. The monoisotopic (exact) mass is 418 g/mol. The number of hydrogen-bond acceptors (Lipinski definition) is 5. The van der Waals surface area contributed by atoms with Gasteiger partial charge in [-0.2, -0.15) is 0 Å². The summed E-state index contributed by atoms with van der Waals surface area (Å²) in [7, 11) is 0. The molecule has 1 unspecified atom stereocenters. The van der Waals surface area contributed by atoms with E-state index in [1.165, 1.54) is 6.07 Å². The molecule has 31 heavy (non-hydrogen) atoms. The number of carbonyl (C=O) groups excluding carboxylic acids is 1. The molecule has 6 nitrogen and oxygen atoms in total. The molecule has 158 valence electrons. The van der Waals surface area contributed by atoms with Crippen molar-refractivity contribution in [3.8, 4) is 11.5 Å². The van der Waals surface area contributed by atoms with Crippen molar-refractivity contribution in [1.82, 2.24) is 9.88 Å². The number of nitrogens with zero attached hydrogens (tertiary/aromatic N) is 2. The Kier molecular flexibility index (Phi) is 6.21. The van der Waals surface area contributed by atoms with Crippen LogP contribution in [0, 0.1) is 11.2 Å². The zero-order valence-electron chi connectivity index (χ0n) is 16.9. The number of halogens is 1. The predicted molar refractivity (Wildman–Crippen MR) is 117 cm³/mol. The zero-order chi connectivity index (χ0) is 21.6. The maximum Gasteiger partial charge on any atom is 0.209 e. The molecule has 0 aliphatic carbocycles. The summed E-state index contributed by atoms with van der Waals surface area (Å²) in [5.41, 5.74) is 1.39. The van der Waals surface area contributed by atoms with Crippen LogP contribution in [0.15, 0.2) is 67.0 Å². The molecule has 0 saturated carbocycles. The van der Waals surface area contributed by atoms with Gasteiger partial charge in [0.15, 0.2) is 0 Å². The van der Waals surface area contributed by atoms with Crippen molar-refractivity contribution in [2.75, 3.05) is 18.4 Å². The maximum atomic E-state index is 14.9. The van der Waals surface area contributed by atoms with E-state index >= 15 is 0 Å². The highest BCUT2D eigenvalue weighted by atomic mass is 19.1. The summed E-state index contributed by atoms with van der Waals surface area (Å²) in [6, 6.07) is 15.4. The summed E-state index contributed by atoms with van der Waals surface area (Å²) in [5, 5.41) is 12.0.